The number of benzene rings is 1. The smallest absolute Gasteiger partial charge is 0.288 e. The number of unbranched alkanes of at least 4 members (excludes halogenated alkanes) is 1. The predicted octanol–water partition coefficient (Wildman–Crippen LogP) is 3.36. The summed E-state index contributed by atoms with van der Waals surface area (Å²) in [4.78, 5) is 29.7. The lowest BCUT2D eigenvalue weighted by Gasteiger charge is -2.13. The van der Waals surface area contributed by atoms with Gasteiger partial charge < -0.3 is 10.6 Å². The van der Waals surface area contributed by atoms with Gasteiger partial charge in [0.1, 0.15) is 0 Å². The van der Waals surface area contributed by atoms with Gasteiger partial charge in [0.2, 0.25) is 5.82 Å². The average molecular weight is 364 g/mol. The molecular formula is C21H24N4O2. The Kier molecular flexibility index (Phi) is 5.86. The van der Waals surface area contributed by atoms with Crippen molar-refractivity contribution in [1.82, 2.24) is 20.0 Å². The van der Waals surface area contributed by atoms with Crippen molar-refractivity contribution in [3.05, 3.63) is 71.8 Å². The molecule has 0 aliphatic carbocycles. The van der Waals surface area contributed by atoms with Gasteiger partial charge in [-0.25, -0.2) is 4.98 Å². The Morgan fingerprint density at radius 1 is 1.07 bits per heavy atom. The zero-order valence-corrected chi connectivity index (χ0v) is 15.6. The Morgan fingerprint density at radius 3 is 2.56 bits per heavy atom. The highest BCUT2D eigenvalue weighted by atomic mass is 16.2. The minimum atomic E-state index is -0.319. The lowest BCUT2D eigenvalue weighted by atomic mass is 10.1. The van der Waals surface area contributed by atoms with Gasteiger partial charge in [0.25, 0.3) is 11.8 Å². The third kappa shape index (κ3) is 4.16. The minimum Gasteiger partial charge on any atom is -0.351 e. The molecule has 2 heterocycles. The summed E-state index contributed by atoms with van der Waals surface area (Å²) in [6, 6.07) is 15.0. The molecule has 0 saturated carbocycles. The van der Waals surface area contributed by atoms with Crippen molar-refractivity contribution in [1.29, 1.82) is 0 Å². The number of aromatic nitrogens is 2. The largest absolute Gasteiger partial charge is 0.351 e. The summed E-state index contributed by atoms with van der Waals surface area (Å²) < 4.78 is 1.65. The van der Waals surface area contributed by atoms with Crippen LogP contribution in [0.15, 0.2) is 54.7 Å². The summed E-state index contributed by atoms with van der Waals surface area (Å²) in [5, 5.41) is 5.82. The van der Waals surface area contributed by atoms with Gasteiger partial charge in [-0.05, 0) is 31.0 Å². The second kappa shape index (κ2) is 8.49. The topological polar surface area (TPSA) is 75.5 Å². The van der Waals surface area contributed by atoms with Crippen molar-refractivity contribution in [3.8, 4) is 0 Å². The Morgan fingerprint density at radius 2 is 1.81 bits per heavy atom. The molecule has 0 radical (unpaired) electrons. The quantitative estimate of drug-likeness (QED) is 0.631. The van der Waals surface area contributed by atoms with E-state index in [1.165, 1.54) is 0 Å². The van der Waals surface area contributed by atoms with Crippen LogP contribution in [-0.2, 0) is 0 Å². The first-order chi connectivity index (χ1) is 13.1. The van der Waals surface area contributed by atoms with Crippen LogP contribution in [0.2, 0.25) is 0 Å². The second-order valence-corrected chi connectivity index (χ2v) is 6.46. The van der Waals surface area contributed by atoms with Crippen molar-refractivity contribution in [2.75, 3.05) is 6.54 Å². The summed E-state index contributed by atoms with van der Waals surface area (Å²) in [5.74, 6) is -0.378. The molecule has 2 N–H and O–H groups in total. The molecular weight excluding hydrogens is 340 g/mol. The maximum atomic E-state index is 12.8. The molecule has 1 unspecified atom stereocenters. The first-order valence-corrected chi connectivity index (χ1v) is 9.23. The molecule has 0 bridgehead atoms. The van der Waals surface area contributed by atoms with E-state index in [-0.39, 0.29) is 29.4 Å². The molecule has 0 spiro atoms. The fourth-order valence-corrected chi connectivity index (χ4v) is 2.91. The number of pyridine rings is 1. The maximum Gasteiger partial charge on any atom is 0.288 e. The molecule has 6 nitrogen and oxygen atoms in total. The van der Waals surface area contributed by atoms with E-state index in [0.717, 1.165) is 18.4 Å². The average Bonchev–Trinajstić information content (AvgIpc) is 3.09. The summed E-state index contributed by atoms with van der Waals surface area (Å²) in [7, 11) is 0. The number of imidazole rings is 1. The fourth-order valence-electron chi connectivity index (χ4n) is 2.91. The second-order valence-electron chi connectivity index (χ2n) is 6.46. The van der Waals surface area contributed by atoms with E-state index in [1.807, 2.05) is 49.4 Å². The Bertz CT molecular complexity index is 934. The number of hydrogen-bond donors (Lipinski definition) is 2. The lowest BCUT2D eigenvalue weighted by molar-refractivity contribution is 0.0928. The van der Waals surface area contributed by atoms with Crippen LogP contribution < -0.4 is 10.6 Å². The molecule has 3 rings (SSSR count). The predicted molar refractivity (Wildman–Crippen MR) is 105 cm³/mol. The number of rotatable bonds is 7. The highest BCUT2D eigenvalue weighted by molar-refractivity contribution is 6.02. The number of nitrogens with one attached hydrogen (secondary N) is 2. The standard InChI is InChI=1S/C21H24N4O2/c1-3-4-13-22-20(26)18-17-12-8-9-14-25(17)19(24-18)21(27)23-15(2)16-10-6-5-7-11-16/h5-12,14-15H,3-4,13H2,1-2H3,(H,22,26)(H,23,27). The molecule has 3 aromatic rings. The van der Waals surface area contributed by atoms with Crippen molar-refractivity contribution >= 4 is 17.3 Å². The van der Waals surface area contributed by atoms with Crippen LogP contribution in [0, 0.1) is 0 Å². The van der Waals surface area contributed by atoms with E-state index in [9.17, 15) is 9.59 Å². The molecule has 0 saturated heterocycles. The molecule has 140 valence electrons. The van der Waals surface area contributed by atoms with Crippen molar-refractivity contribution < 1.29 is 9.59 Å². The number of carbonyl (C=O) groups excluding carboxylic acids is 2. The lowest BCUT2D eigenvalue weighted by Crippen LogP contribution is -2.28. The highest BCUT2D eigenvalue weighted by Gasteiger charge is 2.22. The number of fused-ring (bicyclic) bond motifs is 1. The van der Waals surface area contributed by atoms with E-state index in [4.69, 9.17) is 0 Å². The molecule has 2 aromatic heterocycles. The minimum absolute atomic E-state index is 0.170. The van der Waals surface area contributed by atoms with Crippen molar-refractivity contribution in [3.63, 3.8) is 0 Å². The van der Waals surface area contributed by atoms with Crippen LogP contribution in [0.5, 0.6) is 0 Å². The van der Waals surface area contributed by atoms with Crippen LogP contribution in [0.4, 0.5) is 0 Å². The fraction of sp³-hybridized carbons (Fsp3) is 0.286. The maximum absolute atomic E-state index is 12.8. The molecule has 1 aromatic carbocycles. The summed E-state index contributed by atoms with van der Waals surface area (Å²) in [6.45, 7) is 4.57. The molecule has 0 fully saturated rings. The highest BCUT2D eigenvalue weighted by Crippen LogP contribution is 2.16. The zero-order valence-electron chi connectivity index (χ0n) is 15.6. The third-order valence-electron chi connectivity index (χ3n) is 4.43. The third-order valence-corrected chi connectivity index (χ3v) is 4.43. The molecule has 6 heteroatoms. The van der Waals surface area contributed by atoms with E-state index >= 15 is 0 Å². The summed E-state index contributed by atoms with van der Waals surface area (Å²) in [5.41, 5.74) is 1.89. The van der Waals surface area contributed by atoms with Crippen molar-refractivity contribution in [2.45, 2.75) is 32.7 Å². The Balaban J connectivity index is 1.86. The van der Waals surface area contributed by atoms with Gasteiger partial charge in [0.05, 0.1) is 11.6 Å². The zero-order chi connectivity index (χ0) is 19.2. The van der Waals surface area contributed by atoms with Gasteiger partial charge in [-0.2, -0.15) is 0 Å². The number of hydrogen-bond acceptors (Lipinski definition) is 3. The number of carbonyl (C=O) groups is 2. The normalized spacial score (nSPS) is 11.9. The molecule has 1 atom stereocenters. The van der Waals surface area contributed by atoms with Gasteiger partial charge in [0, 0.05) is 12.7 Å². The van der Waals surface area contributed by atoms with Crippen LogP contribution in [0.25, 0.3) is 5.52 Å². The van der Waals surface area contributed by atoms with Gasteiger partial charge in [0.15, 0.2) is 5.69 Å². The molecule has 0 aliphatic heterocycles. The van der Waals surface area contributed by atoms with Gasteiger partial charge in [-0.15, -0.1) is 0 Å². The van der Waals surface area contributed by atoms with Gasteiger partial charge in [-0.1, -0.05) is 49.7 Å². The first-order valence-electron chi connectivity index (χ1n) is 9.23. The van der Waals surface area contributed by atoms with Crippen molar-refractivity contribution in [2.24, 2.45) is 0 Å². The molecule has 2 amide bonds. The van der Waals surface area contributed by atoms with Crippen LogP contribution in [-0.4, -0.2) is 27.7 Å². The number of nitrogens with zero attached hydrogens (tertiary/aromatic N) is 2. The SMILES string of the molecule is CCCCNC(=O)c1nc(C(=O)NC(C)c2ccccc2)n2ccccc12. The van der Waals surface area contributed by atoms with E-state index in [1.54, 1.807) is 16.7 Å². The summed E-state index contributed by atoms with van der Waals surface area (Å²) >= 11 is 0. The van der Waals surface area contributed by atoms with Gasteiger partial charge in [-0.3, -0.25) is 14.0 Å². The number of amides is 2. The van der Waals surface area contributed by atoms with Crippen LogP contribution in [0.3, 0.4) is 0 Å². The first kappa shape index (κ1) is 18.6. The Labute approximate surface area is 158 Å². The van der Waals surface area contributed by atoms with E-state index in [2.05, 4.69) is 22.5 Å². The van der Waals surface area contributed by atoms with Crippen LogP contribution in [0.1, 0.15) is 59.4 Å². The monoisotopic (exact) mass is 364 g/mol. The summed E-state index contributed by atoms with van der Waals surface area (Å²) in [6.07, 6.45) is 3.64. The molecule has 0 aliphatic rings. The van der Waals surface area contributed by atoms with E-state index < -0.39 is 0 Å². The van der Waals surface area contributed by atoms with Gasteiger partial charge >= 0.3 is 0 Å². The Hall–Kier alpha value is -3.15. The van der Waals surface area contributed by atoms with Crippen LogP contribution >= 0.6 is 0 Å². The van der Waals surface area contributed by atoms with E-state index in [0.29, 0.717) is 12.1 Å². The molecule has 27 heavy (non-hydrogen) atoms.